The molecule has 0 saturated carbocycles. The lowest BCUT2D eigenvalue weighted by Crippen LogP contribution is -2.35. The van der Waals surface area contributed by atoms with Gasteiger partial charge in [-0.2, -0.15) is 13.2 Å². The first-order chi connectivity index (χ1) is 16.9. The Bertz CT molecular complexity index is 1080. The summed E-state index contributed by atoms with van der Waals surface area (Å²) in [5, 5.41) is 0. The SMILES string of the molecule is C=Cc1cc(-c2ccc(C(F)(F)F)cc2C)ccc1N(C)C(CC(C)C)/C(=C/C)CCC(=C)CCC. The van der Waals surface area contributed by atoms with E-state index < -0.39 is 11.7 Å². The Morgan fingerprint density at radius 2 is 1.75 bits per heavy atom. The van der Waals surface area contributed by atoms with Gasteiger partial charge < -0.3 is 4.90 Å². The van der Waals surface area contributed by atoms with E-state index in [-0.39, 0.29) is 6.04 Å². The summed E-state index contributed by atoms with van der Waals surface area (Å²) in [4.78, 5) is 2.33. The average molecular weight is 498 g/mol. The molecule has 0 fully saturated rings. The third kappa shape index (κ3) is 7.62. The van der Waals surface area contributed by atoms with Crippen LogP contribution in [-0.2, 0) is 6.18 Å². The molecule has 0 heterocycles. The van der Waals surface area contributed by atoms with Gasteiger partial charge in [-0.15, -0.1) is 0 Å². The summed E-state index contributed by atoms with van der Waals surface area (Å²) in [6, 6.07) is 10.3. The van der Waals surface area contributed by atoms with E-state index in [1.54, 1.807) is 13.0 Å². The van der Waals surface area contributed by atoms with E-state index in [1.807, 2.05) is 18.2 Å². The fourth-order valence-electron chi connectivity index (χ4n) is 4.85. The predicted octanol–water partition coefficient (Wildman–Crippen LogP) is 10.3. The van der Waals surface area contributed by atoms with Crippen LogP contribution in [0.3, 0.4) is 0 Å². The van der Waals surface area contributed by atoms with Gasteiger partial charge in [-0.3, -0.25) is 0 Å². The molecule has 2 rings (SSSR count). The second-order valence-corrected chi connectivity index (χ2v) is 10.1. The lowest BCUT2D eigenvalue weighted by molar-refractivity contribution is -0.137. The van der Waals surface area contributed by atoms with Crippen molar-refractivity contribution in [2.45, 2.75) is 78.9 Å². The molecule has 1 atom stereocenters. The molecule has 2 aromatic rings. The zero-order chi connectivity index (χ0) is 27.0. The number of nitrogens with zero attached hydrogens (tertiary/aromatic N) is 1. The van der Waals surface area contributed by atoms with Gasteiger partial charge in [-0.25, -0.2) is 0 Å². The molecule has 0 bridgehead atoms. The van der Waals surface area contributed by atoms with E-state index in [1.165, 1.54) is 17.2 Å². The molecule has 0 aliphatic carbocycles. The van der Waals surface area contributed by atoms with Crippen LogP contribution in [0.1, 0.15) is 76.5 Å². The molecular formula is C32H42F3N. The molecule has 0 aromatic heterocycles. The monoisotopic (exact) mass is 497 g/mol. The van der Waals surface area contributed by atoms with Crippen LogP contribution < -0.4 is 4.90 Å². The summed E-state index contributed by atoms with van der Waals surface area (Å²) in [7, 11) is 2.13. The molecule has 0 amide bonds. The molecule has 196 valence electrons. The van der Waals surface area contributed by atoms with Gasteiger partial charge in [0.15, 0.2) is 0 Å². The number of likely N-dealkylation sites (N-methyl/N-ethyl adjacent to an activating group) is 1. The number of halogens is 3. The van der Waals surface area contributed by atoms with Crippen LogP contribution in [0.15, 0.2) is 66.8 Å². The van der Waals surface area contributed by atoms with Crippen LogP contribution in [0.25, 0.3) is 17.2 Å². The second kappa shape index (κ2) is 13.0. The normalized spacial score (nSPS) is 13.1. The zero-order valence-electron chi connectivity index (χ0n) is 22.8. The van der Waals surface area contributed by atoms with E-state index in [2.05, 4.69) is 64.9 Å². The van der Waals surface area contributed by atoms with E-state index in [4.69, 9.17) is 0 Å². The van der Waals surface area contributed by atoms with Crippen molar-refractivity contribution in [3.8, 4) is 11.1 Å². The number of anilines is 1. The molecule has 0 radical (unpaired) electrons. The summed E-state index contributed by atoms with van der Waals surface area (Å²) in [6.07, 6.45) is 4.92. The van der Waals surface area contributed by atoms with Crippen molar-refractivity contribution >= 4 is 11.8 Å². The van der Waals surface area contributed by atoms with Crippen LogP contribution in [0.4, 0.5) is 18.9 Å². The Morgan fingerprint density at radius 3 is 2.28 bits per heavy atom. The van der Waals surface area contributed by atoms with Crippen molar-refractivity contribution in [1.29, 1.82) is 0 Å². The molecule has 1 unspecified atom stereocenters. The van der Waals surface area contributed by atoms with Crippen LogP contribution in [-0.4, -0.2) is 13.1 Å². The molecule has 0 spiro atoms. The van der Waals surface area contributed by atoms with Crippen LogP contribution in [0.2, 0.25) is 0 Å². The number of rotatable bonds is 12. The fraction of sp³-hybridized carbons (Fsp3) is 0.438. The van der Waals surface area contributed by atoms with Gasteiger partial charge >= 0.3 is 6.18 Å². The van der Waals surface area contributed by atoms with Crippen LogP contribution in [0, 0.1) is 12.8 Å². The van der Waals surface area contributed by atoms with Crippen LogP contribution >= 0.6 is 0 Å². The second-order valence-electron chi connectivity index (χ2n) is 10.1. The highest BCUT2D eigenvalue weighted by atomic mass is 19.4. The summed E-state index contributed by atoms with van der Waals surface area (Å²) < 4.78 is 39.4. The minimum Gasteiger partial charge on any atom is -0.367 e. The van der Waals surface area contributed by atoms with Crippen molar-refractivity contribution in [2.75, 3.05) is 11.9 Å². The van der Waals surface area contributed by atoms with Gasteiger partial charge in [-0.05, 0) is 92.0 Å². The molecule has 4 heteroatoms. The summed E-state index contributed by atoms with van der Waals surface area (Å²) in [5.74, 6) is 0.521. The van der Waals surface area contributed by atoms with Crippen molar-refractivity contribution in [1.82, 2.24) is 0 Å². The molecule has 2 aromatic carbocycles. The summed E-state index contributed by atoms with van der Waals surface area (Å²) >= 11 is 0. The van der Waals surface area contributed by atoms with E-state index >= 15 is 0 Å². The molecule has 36 heavy (non-hydrogen) atoms. The first-order valence-corrected chi connectivity index (χ1v) is 12.9. The van der Waals surface area contributed by atoms with E-state index in [9.17, 15) is 13.2 Å². The van der Waals surface area contributed by atoms with Crippen molar-refractivity contribution in [2.24, 2.45) is 5.92 Å². The Hall–Kier alpha value is -2.75. The first kappa shape index (κ1) is 29.5. The minimum absolute atomic E-state index is 0.238. The average Bonchev–Trinajstić information content (AvgIpc) is 2.82. The van der Waals surface area contributed by atoms with E-state index in [0.29, 0.717) is 11.5 Å². The van der Waals surface area contributed by atoms with Crippen LogP contribution in [0.5, 0.6) is 0 Å². The molecular weight excluding hydrogens is 455 g/mol. The lowest BCUT2D eigenvalue weighted by atomic mass is 9.90. The van der Waals surface area contributed by atoms with Crippen molar-refractivity contribution < 1.29 is 13.2 Å². The largest absolute Gasteiger partial charge is 0.416 e. The van der Waals surface area contributed by atoms with Crippen molar-refractivity contribution in [3.05, 3.63) is 83.5 Å². The third-order valence-electron chi connectivity index (χ3n) is 6.82. The Labute approximate surface area is 216 Å². The molecule has 0 aliphatic rings. The van der Waals surface area contributed by atoms with Gasteiger partial charge in [0.25, 0.3) is 0 Å². The number of hydrogen-bond donors (Lipinski definition) is 0. The standard InChI is InChI=1S/C32H42F3N/c1-9-12-23(6)13-14-25(10-2)31(19-22(4)5)36(8)30-18-15-27(21-26(30)11-3)29-17-16-28(20-24(29)7)32(33,34)35/h10-11,15-18,20-22,31H,3,6,9,12-14,19H2,1-2,4-5,7-8H3/b25-10+. The Balaban J connectivity index is 2.42. The van der Waals surface area contributed by atoms with Gasteiger partial charge in [0.05, 0.1) is 11.6 Å². The van der Waals surface area contributed by atoms with Gasteiger partial charge in [0.1, 0.15) is 0 Å². The van der Waals surface area contributed by atoms with Gasteiger partial charge in [0.2, 0.25) is 0 Å². The topological polar surface area (TPSA) is 3.24 Å². The van der Waals surface area contributed by atoms with E-state index in [0.717, 1.165) is 60.5 Å². The highest BCUT2D eigenvalue weighted by molar-refractivity contribution is 5.77. The summed E-state index contributed by atoms with van der Waals surface area (Å²) in [6.45, 7) is 18.8. The third-order valence-corrected chi connectivity index (χ3v) is 6.82. The quantitative estimate of drug-likeness (QED) is 0.264. The first-order valence-electron chi connectivity index (χ1n) is 12.9. The number of hydrogen-bond acceptors (Lipinski definition) is 1. The zero-order valence-corrected chi connectivity index (χ0v) is 22.8. The van der Waals surface area contributed by atoms with Crippen molar-refractivity contribution in [3.63, 3.8) is 0 Å². The highest BCUT2D eigenvalue weighted by Crippen LogP contribution is 2.36. The number of benzene rings is 2. The number of allylic oxidation sites excluding steroid dienone is 2. The summed E-state index contributed by atoms with van der Waals surface area (Å²) in [5.41, 5.74) is 6.39. The van der Waals surface area contributed by atoms with Gasteiger partial charge in [0, 0.05) is 12.7 Å². The molecule has 0 N–H and O–H groups in total. The smallest absolute Gasteiger partial charge is 0.367 e. The van der Waals surface area contributed by atoms with Gasteiger partial charge in [-0.1, -0.05) is 75.8 Å². The molecule has 0 aliphatic heterocycles. The lowest BCUT2D eigenvalue weighted by Gasteiger charge is -2.35. The molecule has 1 nitrogen and oxygen atoms in total. The maximum atomic E-state index is 13.1. The fourth-order valence-corrected chi connectivity index (χ4v) is 4.85. The maximum absolute atomic E-state index is 13.1. The number of alkyl halides is 3. The predicted molar refractivity (Wildman–Crippen MR) is 150 cm³/mol. The molecule has 0 saturated heterocycles. The Kier molecular flexibility index (Phi) is 10.6. The number of aryl methyl sites for hydroxylation is 1. The Morgan fingerprint density at radius 1 is 1.06 bits per heavy atom. The maximum Gasteiger partial charge on any atom is 0.416 e. The minimum atomic E-state index is -4.35. The highest BCUT2D eigenvalue weighted by Gasteiger charge is 2.30.